The van der Waals surface area contributed by atoms with Crippen molar-refractivity contribution in [2.24, 2.45) is 10.9 Å². The molecule has 2 bridgehead atoms. The molecule has 1 fully saturated rings. The van der Waals surface area contributed by atoms with E-state index in [1.165, 1.54) is 0 Å². The fourth-order valence-corrected chi connectivity index (χ4v) is 3.30. The van der Waals surface area contributed by atoms with Crippen LogP contribution in [0.5, 0.6) is 23.0 Å². The Morgan fingerprint density at radius 2 is 2.00 bits per heavy atom. The maximum Gasteiger partial charge on any atom is 0.231 e. The van der Waals surface area contributed by atoms with Crippen molar-refractivity contribution in [3.05, 3.63) is 48.5 Å². The lowest BCUT2D eigenvalue weighted by Crippen LogP contribution is -2.21. The number of para-hydroxylation sites is 1. The maximum atomic E-state index is 5.99. The Kier molecular flexibility index (Phi) is 5.32. The van der Waals surface area contributed by atoms with Gasteiger partial charge in [0.15, 0.2) is 11.5 Å². The molecule has 27 heavy (non-hydrogen) atoms. The summed E-state index contributed by atoms with van der Waals surface area (Å²) in [6.07, 6.45) is 0.916. The highest BCUT2D eigenvalue weighted by Crippen LogP contribution is 2.34. The predicted octanol–water partition coefficient (Wildman–Crippen LogP) is 3.22. The lowest BCUT2D eigenvalue weighted by Gasteiger charge is -2.19. The lowest BCUT2D eigenvalue weighted by atomic mass is 10.1. The third kappa shape index (κ3) is 4.45. The number of amidine groups is 1. The minimum Gasteiger partial charge on any atom is -0.492 e. The van der Waals surface area contributed by atoms with E-state index in [0.717, 1.165) is 41.8 Å². The van der Waals surface area contributed by atoms with Crippen LogP contribution in [0.2, 0.25) is 0 Å². The van der Waals surface area contributed by atoms with E-state index in [4.69, 9.17) is 23.9 Å². The first-order valence-corrected chi connectivity index (χ1v) is 9.23. The molecule has 6 nitrogen and oxygen atoms in total. The molecule has 1 atom stereocenters. The van der Waals surface area contributed by atoms with E-state index in [1.54, 1.807) is 0 Å². The molecule has 0 amide bonds. The van der Waals surface area contributed by atoms with Gasteiger partial charge in [-0.15, -0.1) is 0 Å². The molecule has 6 heteroatoms. The monoisotopic (exact) mass is 368 g/mol. The van der Waals surface area contributed by atoms with Crippen molar-refractivity contribution in [2.45, 2.75) is 6.42 Å². The average molecular weight is 368 g/mol. The van der Waals surface area contributed by atoms with Crippen LogP contribution in [0.1, 0.15) is 6.42 Å². The maximum absolute atomic E-state index is 5.99. The van der Waals surface area contributed by atoms with Crippen LogP contribution in [0.25, 0.3) is 0 Å². The quantitative estimate of drug-likeness (QED) is 0.703. The molecule has 0 saturated carbocycles. The molecular formula is C21H24N2O4. The second kappa shape index (κ2) is 8.20. The van der Waals surface area contributed by atoms with E-state index in [-0.39, 0.29) is 6.79 Å². The Bertz CT molecular complexity index is 794. The second-order valence-corrected chi connectivity index (χ2v) is 6.74. The number of nitrogens with zero attached hydrogens (tertiary/aromatic N) is 2. The molecule has 2 aromatic carbocycles. The average Bonchev–Trinajstić information content (AvgIpc) is 3.05. The van der Waals surface area contributed by atoms with Crippen molar-refractivity contribution >= 4 is 5.84 Å². The summed E-state index contributed by atoms with van der Waals surface area (Å²) in [5, 5.41) is 0. The van der Waals surface area contributed by atoms with Crippen LogP contribution in [0.3, 0.4) is 0 Å². The first-order valence-electron chi connectivity index (χ1n) is 9.23. The van der Waals surface area contributed by atoms with Crippen LogP contribution in [-0.2, 0) is 0 Å². The molecule has 142 valence electrons. The van der Waals surface area contributed by atoms with E-state index in [9.17, 15) is 0 Å². The molecule has 2 heterocycles. The van der Waals surface area contributed by atoms with Gasteiger partial charge in [0.25, 0.3) is 0 Å². The fraction of sp³-hybridized carbons (Fsp3) is 0.381. The van der Waals surface area contributed by atoms with Crippen molar-refractivity contribution in [3.8, 4) is 23.0 Å². The molecule has 1 saturated heterocycles. The van der Waals surface area contributed by atoms with E-state index in [1.807, 2.05) is 48.5 Å². The predicted molar refractivity (Wildman–Crippen MR) is 103 cm³/mol. The highest BCUT2D eigenvalue weighted by molar-refractivity contribution is 5.84. The van der Waals surface area contributed by atoms with Crippen LogP contribution < -0.4 is 18.9 Å². The summed E-state index contributed by atoms with van der Waals surface area (Å²) < 4.78 is 22.5. The molecule has 0 aromatic heterocycles. The Morgan fingerprint density at radius 1 is 1.11 bits per heavy atom. The molecule has 0 spiro atoms. The molecule has 0 aliphatic carbocycles. The number of likely N-dealkylation sites (tertiary alicyclic amines) is 1. The summed E-state index contributed by atoms with van der Waals surface area (Å²) in [4.78, 5) is 6.90. The van der Waals surface area contributed by atoms with Gasteiger partial charge in [0, 0.05) is 32.0 Å². The van der Waals surface area contributed by atoms with Gasteiger partial charge in [-0.05, 0) is 24.3 Å². The van der Waals surface area contributed by atoms with Gasteiger partial charge in [0.2, 0.25) is 6.79 Å². The summed E-state index contributed by atoms with van der Waals surface area (Å²) in [7, 11) is 2.08. The van der Waals surface area contributed by atoms with Crippen LogP contribution in [0.15, 0.2) is 53.5 Å². The second-order valence-electron chi connectivity index (χ2n) is 6.74. The number of aliphatic imine (C=N–C) groups is 1. The normalized spacial score (nSPS) is 19.5. The van der Waals surface area contributed by atoms with Gasteiger partial charge in [0.05, 0.1) is 19.0 Å². The Morgan fingerprint density at radius 3 is 2.89 bits per heavy atom. The molecular weight excluding hydrogens is 344 g/mol. The van der Waals surface area contributed by atoms with E-state index >= 15 is 0 Å². The number of ether oxygens (including phenoxy) is 4. The van der Waals surface area contributed by atoms with Crippen LogP contribution in [0.4, 0.5) is 0 Å². The first-order chi connectivity index (χ1) is 13.3. The first kappa shape index (κ1) is 17.5. The van der Waals surface area contributed by atoms with Crippen molar-refractivity contribution in [1.29, 1.82) is 0 Å². The van der Waals surface area contributed by atoms with E-state index in [2.05, 4.69) is 11.9 Å². The molecule has 0 radical (unpaired) electrons. The van der Waals surface area contributed by atoms with E-state index in [0.29, 0.717) is 25.7 Å². The number of fused-ring (bicyclic) bond motifs is 2. The molecule has 2 aliphatic rings. The van der Waals surface area contributed by atoms with E-state index < -0.39 is 0 Å². The van der Waals surface area contributed by atoms with Crippen molar-refractivity contribution in [1.82, 2.24) is 4.90 Å². The summed E-state index contributed by atoms with van der Waals surface area (Å²) in [6.45, 7) is 3.06. The molecule has 2 aromatic rings. The number of hydrogen-bond acceptors (Lipinski definition) is 5. The van der Waals surface area contributed by atoms with Crippen LogP contribution in [-0.4, -0.2) is 50.9 Å². The SMILES string of the molecule is CN1CC(COc2ccc3cc2OCO3)CC1=NCCOc1ccccc1. The topological polar surface area (TPSA) is 52.5 Å². The fourth-order valence-electron chi connectivity index (χ4n) is 3.30. The summed E-state index contributed by atoms with van der Waals surface area (Å²) in [6, 6.07) is 15.5. The molecule has 4 rings (SSSR count). The Balaban J connectivity index is 1.24. The third-order valence-corrected chi connectivity index (χ3v) is 4.67. The minimum atomic E-state index is 0.242. The summed E-state index contributed by atoms with van der Waals surface area (Å²) in [5.74, 6) is 4.74. The van der Waals surface area contributed by atoms with Gasteiger partial charge < -0.3 is 23.8 Å². The van der Waals surface area contributed by atoms with Crippen molar-refractivity contribution in [2.75, 3.05) is 40.1 Å². The largest absolute Gasteiger partial charge is 0.492 e. The van der Waals surface area contributed by atoms with Gasteiger partial charge >= 0.3 is 0 Å². The van der Waals surface area contributed by atoms with Crippen molar-refractivity contribution < 1.29 is 18.9 Å². The number of benzene rings is 2. The van der Waals surface area contributed by atoms with Crippen LogP contribution >= 0.6 is 0 Å². The van der Waals surface area contributed by atoms with Gasteiger partial charge in [-0.25, -0.2) is 0 Å². The number of rotatable bonds is 7. The lowest BCUT2D eigenvalue weighted by molar-refractivity contribution is 0.0986. The molecule has 2 aliphatic heterocycles. The number of hydrogen-bond donors (Lipinski definition) is 0. The van der Waals surface area contributed by atoms with Crippen molar-refractivity contribution in [3.63, 3.8) is 0 Å². The molecule has 1 unspecified atom stereocenters. The zero-order valence-electron chi connectivity index (χ0n) is 15.5. The highest BCUT2D eigenvalue weighted by atomic mass is 16.7. The zero-order chi connectivity index (χ0) is 18.5. The van der Waals surface area contributed by atoms with Gasteiger partial charge in [-0.2, -0.15) is 0 Å². The van der Waals surface area contributed by atoms with Gasteiger partial charge in [0.1, 0.15) is 18.1 Å². The minimum absolute atomic E-state index is 0.242. The third-order valence-electron chi connectivity index (χ3n) is 4.67. The smallest absolute Gasteiger partial charge is 0.231 e. The summed E-state index contributed by atoms with van der Waals surface area (Å²) in [5.41, 5.74) is 0. The van der Waals surface area contributed by atoms with Gasteiger partial charge in [-0.3, -0.25) is 4.99 Å². The Labute approximate surface area is 159 Å². The van der Waals surface area contributed by atoms with Gasteiger partial charge in [-0.1, -0.05) is 18.2 Å². The highest BCUT2D eigenvalue weighted by Gasteiger charge is 2.26. The zero-order valence-corrected chi connectivity index (χ0v) is 15.5. The Hall–Kier alpha value is -2.89. The summed E-state index contributed by atoms with van der Waals surface area (Å²) >= 11 is 0. The standard InChI is InChI=1S/C21H24N2O4/c1-23-13-16(14-25-19-8-7-18-12-20(19)27-15-26-18)11-21(23)22-9-10-24-17-5-3-2-4-6-17/h2-8,12,16H,9-11,13-15H2,1H3. The van der Waals surface area contributed by atoms with Crippen LogP contribution in [0, 0.1) is 5.92 Å². The molecule has 0 N–H and O–H groups in total.